The van der Waals surface area contributed by atoms with Crippen molar-refractivity contribution in [1.29, 1.82) is 0 Å². The van der Waals surface area contributed by atoms with Crippen molar-refractivity contribution in [2.45, 2.75) is 32.6 Å². The monoisotopic (exact) mass is 314 g/mol. The lowest BCUT2D eigenvalue weighted by molar-refractivity contribution is -0.138. The number of aliphatic carboxylic acids is 1. The summed E-state index contributed by atoms with van der Waals surface area (Å²) in [5.41, 5.74) is 3.27. The highest BCUT2D eigenvalue weighted by atomic mass is 16.4. The van der Waals surface area contributed by atoms with Gasteiger partial charge < -0.3 is 15.0 Å². The average Bonchev–Trinajstić information content (AvgIpc) is 2.92. The minimum absolute atomic E-state index is 0.128. The van der Waals surface area contributed by atoms with Gasteiger partial charge in [-0.3, -0.25) is 9.59 Å². The predicted molar refractivity (Wildman–Crippen MR) is 88.3 cm³/mol. The number of aromatic nitrogens is 1. The molecule has 2 N–H and O–H groups in total. The molecule has 0 saturated carbocycles. The molecule has 0 atom stereocenters. The van der Waals surface area contributed by atoms with Crippen LogP contribution >= 0.6 is 0 Å². The van der Waals surface area contributed by atoms with E-state index >= 15 is 0 Å². The van der Waals surface area contributed by atoms with Crippen molar-refractivity contribution in [3.05, 3.63) is 35.5 Å². The number of benzene rings is 1. The number of rotatable bonds is 4. The summed E-state index contributed by atoms with van der Waals surface area (Å²) < 4.78 is 0. The summed E-state index contributed by atoms with van der Waals surface area (Å²) in [6.45, 7) is 3.39. The number of carbonyl (C=O) groups is 2. The van der Waals surface area contributed by atoms with Crippen molar-refractivity contribution < 1.29 is 14.7 Å². The molecule has 1 aliphatic heterocycles. The van der Waals surface area contributed by atoms with Gasteiger partial charge in [0.25, 0.3) is 0 Å². The Labute approximate surface area is 135 Å². The number of nitrogens with one attached hydrogen (secondary N) is 1. The first-order valence-electron chi connectivity index (χ1n) is 8.09. The second-order valence-corrected chi connectivity index (χ2v) is 6.41. The number of hydrogen-bond donors (Lipinski definition) is 2. The van der Waals surface area contributed by atoms with Gasteiger partial charge in [-0.25, -0.2) is 0 Å². The molecule has 1 fully saturated rings. The maximum absolute atomic E-state index is 12.5. The van der Waals surface area contributed by atoms with Crippen LogP contribution in [0.1, 0.15) is 30.4 Å². The van der Waals surface area contributed by atoms with Crippen molar-refractivity contribution >= 4 is 22.8 Å². The highest BCUT2D eigenvalue weighted by molar-refractivity contribution is 5.91. The largest absolute Gasteiger partial charge is 0.481 e. The van der Waals surface area contributed by atoms with Crippen LogP contribution in [0.15, 0.2) is 24.4 Å². The van der Waals surface area contributed by atoms with Gasteiger partial charge in [0.05, 0.1) is 6.42 Å². The minimum Gasteiger partial charge on any atom is -0.481 e. The second-order valence-electron chi connectivity index (χ2n) is 6.41. The number of carbonyl (C=O) groups excluding carboxylic acids is 1. The van der Waals surface area contributed by atoms with Crippen LogP contribution in [-0.2, 0) is 16.0 Å². The van der Waals surface area contributed by atoms with Gasteiger partial charge in [0.15, 0.2) is 0 Å². The number of likely N-dealkylation sites (tertiary alicyclic amines) is 1. The van der Waals surface area contributed by atoms with Gasteiger partial charge in [-0.2, -0.15) is 0 Å². The zero-order chi connectivity index (χ0) is 16.4. The molecule has 5 nitrogen and oxygen atoms in total. The first-order chi connectivity index (χ1) is 11.0. The highest BCUT2D eigenvalue weighted by Gasteiger charge is 2.24. The quantitative estimate of drug-likeness (QED) is 0.911. The number of carboxylic acid groups (broad SMARTS) is 1. The SMILES string of the molecule is Cc1cccc2[nH]cc(CC(=O)N3CCC(CC(=O)O)CC3)c12. The lowest BCUT2D eigenvalue weighted by Crippen LogP contribution is -2.39. The molecule has 2 heterocycles. The van der Waals surface area contributed by atoms with Crippen LogP contribution in [0.3, 0.4) is 0 Å². The molecule has 5 heteroatoms. The van der Waals surface area contributed by atoms with Crippen LogP contribution in [0.25, 0.3) is 10.9 Å². The lowest BCUT2D eigenvalue weighted by atomic mass is 9.93. The van der Waals surface area contributed by atoms with Crippen LogP contribution < -0.4 is 0 Å². The number of amides is 1. The number of nitrogens with zero attached hydrogens (tertiary/aromatic N) is 1. The van der Waals surface area contributed by atoms with E-state index in [2.05, 4.69) is 18.0 Å². The van der Waals surface area contributed by atoms with Crippen molar-refractivity contribution in [1.82, 2.24) is 9.88 Å². The van der Waals surface area contributed by atoms with Crippen molar-refractivity contribution in [2.75, 3.05) is 13.1 Å². The van der Waals surface area contributed by atoms with Crippen molar-refractivity contribution in [3.8, 4) is 0 Å². The minimum atomic E-state index is -0.746. The fraction of sp³-hybridized carbons (Fsp3) is 0.444. The van der Waals surface area contributed by atoms with Crippen LogP contribution in [0, 0.1) is 12.8 Å². The van der Waals surface area contributed by atoms with Crippen LogP contribution in [0.2, 0.25) is 0 Å². The van der Waals surface area contributed by atoms with Gasteiger partial charge in [0.2, 0.25) is 5.91 Å². The van der Waals surface area contributed by atoms with E-state index in [1.807, 2.05) is 23.2 Å². The molecule has 1 saturated heterocycles. The molecular formula is C18H22N2O3. The van der Waals surface area contributed by atoms with Crippen molar-refractivity contribution in [3.63, 3.8) is 0 Å². The van der Waals surface area contributed by atoms with Gasteiger partial charge >= 0.3 is 5.97 Å². The maximum atomic E-state index is 12.5. The molecule has 0 unspecified atom stereocenters. The smallest absolute Gasteiger partial charge is 0.303 e. The fourth-order valence-electron chi connectivity index (χ4n) is 3.50. The number of piperidine rings is 1. The molecule has 0 radical (unpaired) electrons. The summed E-state index contributed by atoms with van der Waals surface area (Å²) in [5.74, 6) is -0.418. The Balaban J connectivity index is 1.64. The molecule has 1 aromatic carbocycles. The predicted octanol–water partition coefficient (Wildman–Crippen LogP) is 2.73. The Kier molecular flexibility index (Phi) is 4.37. The van der Waals surface area contributed by atoms with Gasteiger partial charge in [0.1, 0.15) is 0 Å². The Hall–Kier alpha value is -2.30. The molecule has 1 aromatic heterocycles. The van der Waals surface area contributed by atoms with Gasteiger partial charge in [0, 0.05) is 36.6 Å². The molecule has 23 heavy (non-hydrogen) atoms. The van der Waals surface area contributed by atoms with E-state index in [0.717, 1.165) is 29.3 Å². The van der Waals surface area contributed by atoms with Crippen LogP contribution in [-0.4, -0.2) is 40.0 Å². The summed E-state index contributed by atoms with van der Waals surface area (Å²) in [6.07, 6.45) is 4.10. The number of fused-ring (bicyclic) bond motifs is 1. The first-order valence-corrected chi connectivity index (χ1v) is 8.09. The lowest BCUT2D eigenvalue weighted by Gasteiger charge is -2.31. The molecule has 122 valence electrons. The molecule has 0 spiro atoms. The molecular weight excluding hydrogens is 292 g/mol. The highest BCUT2D eigenvalue weighted by Crippen LogP contribution is 2.25. The summed E-state index contributed by atoms with van der Waals surface area (Å²) in [4.78, 5) is 28.4. The number of hydrogen-bond acceptors (Lipinski definition) is 2. The van der Waals surface area contributed by atoms with Gasteiger partial charge in [-0.05, 0) is 42.9 Å². The third kappa shape index (κ3) is 3.38. The Morgan fingerprint density at radius 3 is 2.74 bits per heavy atom. The third-order valence-corrected chi connectivity index (χ3v) is 4.77. The van der Waals surface area contributed by atoms with E-state index in [-0.39, 0.29) is 18.2 Å². The van der Waals surface area contributed by atoms with Crippen molar-refractivity contribution in [2.24, 2.45) is 5.92 Å². The Morgan fingerprint density at radius 1 is 1.30 bits per heavy atom. The number of H-pyrrole nitrogens is 1. The number of carboxylic acids is 1. The summed E-state index contributed by atoms with van der Waals surface area (Å²) in [5, 5.41) is 9.99. The summed E-state index contributed by atoms with van der Waals surface area (Å²) in [7, 11) is 0. The van der Waals surface area contributed by atoms with Gasteiger partial charge in [-0.15, -0.1) is 0 Å². The first kappa shape index (κ1) is 15.6. The Bertz CT molecular complexity index is 727. The van der Waals surface area contributed by atoms with E-state index in [1.54, 1.807) is 0 Å². The standard InChI is InChI=1S/C18H22N2O3/c1-12-3-2-4-15-18(12)14(11-19-15)10-16(21)20-7-5-13(6-8-20)9-17(22)23/h2-4,11,13,19H,5-10H2,1H3,(H,22,23). The maximum Gasteiger partial charge on any atom is 0.303 e. The molecule has 0 aliphatic carbocycles. The zero-order valence-corrected chi connectivity index (χ0v) is 13.3. The number of aromatic amines is 1. The topological polar surface area (TPSA) is 73.4 Å². The zero-order valence-electron chi connectivity index (χ0n) is 13.3. The van der Waals surface area contributed by atoms with E-state index in [4.69, 9.17) is 5.11 Å². The van der Waals surface area contributed by atoms with E-state index in [0.29, 0.717) is 19.5 Å². The number of aryl methyl sites for hydroxylation is 1. The molecule has 1 amide bonds. The summed E-state index contributed by atoms with van der Waals surface area (Å²) >= 11 is 0. The molecule has 1 aliphatic rings. The van der Waals surface area contributed by atoms with E-state index in [9.17, 15) is 9.59 Å². The van der Waals surface area contributed by atoms with E-state index < -0.39 is 5.97 Å². The third-order valence-electron chi connectivity index (χ3n) is 4.77. The molecule has 2 aromatic rings. The summed E-state index contributed by atoms with van der Waals surface area (Å²) in [6, 6.07) is 6.09. The van der Waals surface area contributed by atoms with Crippen LogP contribution in [0.5, 0.6) is 0 Å². The molecule has 3 rings (SSSR count). The normalized spacial score (nSPS) is 16.0. The fourth-order valence-corrected chi connectivity index (χ4v) is 3.50. The van der Waals surface area contributed by atoms with Gasteiger partial charge in [-0.1, -0.05) is 12.1 Å². The second kappa shape index (κ2) is 6.44. The molecule has 0 bridgehead atoms. The Morgan fingerprint density at radius 2 is 2.04 bits per heavy atom. The van der Waals surface area contributed by atoms with E-state index in [1.165, 1.54) is 5.56 Å². The van der Waals surface area contributed by atoms with Crippen LogP contribution in [0.4, 0.5) is 0 Å². The average molecular weight is 314 g/mol.